The largest absolute Gasteiger partial charge is 0.486 e. The van der Waals surface area contributed by atoms with Gasteiger partial charge in [-0.15, -0.1) is 15.3 Å². The number of carbonyl (C=O) groups is 1. The predicted molar refractivity (Wildman–Crippen MR) is 172 cm³/mol. The van der Waals surface area contributed by atoms with Crippen LogP contribution in [0, 0.1) is 0 Å². The number of ether oxygens (including phenoxy) is 2. The van der Waals surface area contributed by atoms with Crippen LogP contribution in [-0.4, -0.2) is 64.5 Å². The molecule has 0 atom stereocenters. The number of benzene rings is 2. The van der Waals surface area contributed by atoms with Gasteiger partial charge in [-0.3, -0.25) is 0 Å². The molecule has 46 heavy (non-hydrogen) atoms. The molecule has 3 heterocycles. The van der Waals surface area contributed by atoms with Crippen molar-refractivity contribution in [2.24, 2.45) is 7.05 Å². The first-order valence-electron chi connectivity index (χ1n) is 16.3. The van der Waals surface area contributed by atoms with Gasteiger partial charge in [0.15, 0.2) is 5.82 Å². The summed E-state index contributed by atoms with van der Waals surface area (Å²) in [4.78, 5) is 14.1. The maximum atomic E-state index is 12.5. The molecule has 1 amide bonds. The van der Waals surface area contributed by atoms with Crippen LogP contribution in [0.2, 0.25) is 0 Å². The summed E-state index contributed by atoms with van der Waals surface area (Å²) in [7, 11) is 2.02. The highest BCUT2D eigenvalue weighted by molar-refractivity contribution is 5.68. The van der Waals surface area contributed by atoms with Crippen LogP contribution in [-0.2, 0) is 30.4 Å². The summed E-state index contributed by atoms with van der Waals surface area (Å²) >= 11 is 0. The van der Waals surface area contributed by atoms with Gasteiger partial charge in [-0.2, -0.15) is 0 Å². The Hall–Kier alpha value is -4.25. The predicted octanol–water partition coefficient (Wildman–Crippen LogP) is 5.69. The van der Waals surface area contributed by atoms with Crippen molar-refractivity contribution < 1.29 is 19.4 Å². The summed E-state index contributed by atoms with van der Waals surface area (Å²) in [5.41, 5.74) is 1.39. The minimum Gasteiger partial charge on any atom is -0.486 e. The van der Waals surface area contributed by atoms with Crippen molar-refractivity contribution in [1.29, 1.82) is 0 Å². The van der Waals surface area contributed by atoms with Gasteiger partial charge in [0.25, 0.3) is 0 Å². The number of likely N-dealkylation sites (tertiary alicyclic amines) is 1. The first-order chi connectivity index (χ1) is 22.1. The van der Waals surface area contributed by atoms with Crippen molar-refractivity contribution in [3.63, 3.8) is 0 Å². The Bertz CT molecular complexity index is 1610. The van der Waals surface area contributed by atoms with Crippen LogP contribution in [0.15, 0.2) is 60.8 Å². The normalized spacial score (nSPS) is 20.0. The third kappa shape index (κ3) is 7.41. The van der Waals surface area contributed by atoms with Gasteiger partial charge < -0.3 is 24.0 Å². The number of amides is 1. The highest BCUT2D eigenvalue weighted by atomic mass is 16.6. The third-order valence-electron chi connectivity index (χ3n) is 9.18. The van der Waals surface area contributed by atoms with E-state index in [1.54, 1.807) is 4.90 Å². The number of aromatic nitrogens is 6. The van der Waals surface area contributed by atoms with Crippen molar-refractivity contribution in [2.75, 3.05) is 13.1 Å². The molecule has 1 aliphatic carbocycles. The molecule has 0 radical (unpaired) electrons. The lowest BCUT2D eigenvalue weighted by molar-refractivity contribution is -0.0382. The van der Waals surface area contributed by atoms with Crippen molar-refractivity contribution in [1.82, 2.24) is 34.7 Å². The lowest BCUT2D eigenvalue weighted by atomic mass is 9.85. The average Bonchev–Trinajstić information content (AvgIpc) is 3.68. The zero-order valence-corrected chi connectivity index (χ0v) is 27.3. The fraction of sp³-hybridized carbons (Fsp3) is 0.514. The van der Waals surface area contributed by atoms with E-state index in [0.29, 0.717) is 44.1 Å². The summed E-state index contributed by atoms with van der Waals surface area (Å²) in [6.07, 6.45) is 7.00. The van der Waals surface area contributed by atoms with E-state index >= 15 is 0 Å². The number of rotatable bonds is 8. The van der Waals surface area contributed by atoms with Gasteiger partial charge in [0.1, 0.15) is 35.1 Å². The third-order valence-corrected chi connectivity index (χ3v) is 9.18. The van der Waals surface area contributed by atoms with Crippen LogP contribution in [0.4, 0.5) is 4.79 Å². The van der Waals surface area contributed by atoms with E-state index in [2.05, 4.69) is 61.5 Å². The van der Waals surface area contributed by atoms with E-state index in [1.165, 1.54) is 11.1 Å². The van der Waals surface area contributed by atoms with Gasteiger partial charge in [0.2, 0.25) is 0 Å². The number of piperidine rings is 1. The monoisotopic (exact) mass is 627 g/mol. The molecular weight excluding hydrogens is 582 g/mol. The number of hydrogen-bond acceptors (Lipinski definition) is 8. The van der Waals surface area contributed by atoms with Gasteiger partial charge in [-0.25, -0.2) is 9.48 Å². The smallest absolute Gasteiger partial charge is 0.410 e. The molecule has 244 valence electrons. The van der Waals surface area contributed by atoms with E-state index in [0.717, 1.165) is 49.5 Å². The Morgan fingerprint density at radius 1 is 0.957 bits per heavy atom. The van der Waals surface area contributed by atoms with Crippen molar-refractivity contribution >= 4 is 6.09 Å². The van der Waals surface area contributed by atoms with Crippen molar-refractivity contribution in [3.8, 4) is 5.75 Å². The Morgan fingerprint density at radius 2 is 1.67 bits per heavy atom. The molecule has 2 aromatic carbocycles. The SMILES string of the molecule is Cn1c(COc2cccc(Cc3ccccc3)c2)nnc1C1CCC(n2cc(C3(O)CCN(C(=O)OC(C)(C)C)CC3)nn2)CC1. The quantitative estimate of drug-likeness (QED) is 0.264. The maximum Gasteiger partial charge on any atom is 0.410 e. The van der Waals surface area contributed by atoms with Gasteiger partial charge in [0, 0.05) is 26.1 Å². The molecule has 1 saturated heterocycles. The topological polar surface area (TPSA) is 120 Å². The summed E-state index contributed by atoms with van der Waals surface area (Å²) < 4.78 is 15.6. The molecule has 2 fully saturated rings. The Balaban J connectivity index is 1.00. The highest BCUT2D eigenvalue weighted by Crippen LogP contribution is 2.38. The second kappa shape index (κ2) is 13.2. The maximum absolute atomic E-state index is 12.5. The number of hydrogen-bond donors (Lipinski definition) is 1. The van der Waals surface area contributed by atoms with Gasteiger partial charge in [-0.05, 0) is 89.0 Å². The number of carbonyl (C=O) groups excluding carboxylic acids is 1. The fourth-order valence-electron chi connectivity index (χ4n) is 6.49. The van der Waals surface area contributed by atoms with Gasteiger partial charge in [-0.1, -0.05) is 47.7 Å². The second-order valence-electron chi connectivity index (χ2n) is 13.7. The molecule has 11 nitrogen and oxygen atoms in total. The van der Waals surface area contributed by atoms with Crippen LogP contribution in [0.25, 0.3) is 0 Å². The van der Waals surface area contributed by atoms with Crippen LogP contribution in [0.1, 0.15) is 99.7 Å². The first-order valence-corrected chi connectivity index (χ1v) is 16.3. The molecular formula is C35H45N7O4. The van der Waals surface area contributed by atoms with E-state index in [9.17, 15) is 9.90 Å². The van der Waals surface area contributed by atoms with E-state index in [1.807, 2.05) is 56.9 Å². The molecule has 1 N–H and O–H groups in total. The summed E-state index contributed by atoms with van der Waals surface area (Å²) in [6.45, 7) is 6.74. The summed E-state index contributed by atoms with van der Waals surface area (Å²) in [5, 5.41) is 29.2. The Morgan fingerprint density at radius 3 is 2.39 bits per heavy atom. The number of aliphatic hydroxyl groups is 1. The minimum atomic E-state index is -1.10. The second-order valence-corrected chi connectivity index (χ2v) is 13.7. The molecule has 2 aliphatic rings. The molecule has 1 aliphatic heterocycles. The molecule has 6 rings (SSSR count). The van der Waals surface area contributed by atoms with E-state index in [4.69, 9.17) is 9.47 Å². The average molecular weight is 628 g/mol. The van der Waals surface area contributed by atoms with Gasteiger partial charge >= 0.3 is 6.09 Å². The van der Waals surface area contributed by atoms with Gasteiger partial charge in [0.05, 0.1) is 12.2 Å². The lowest BCUT2D eigenvalue weighted by Gasteiger charge is -2.37. The number of nitrogens with zero attached hydrogens (tertiary/aromatic N) is 7. The molecule has 0 bridgehead atoms. The summed E-state index contributed by atoms with van der Waals surface area (Å²) in [6, 6.07) is 18.9. The van der Waals surface area contributed by atoms with Crippen LogP contribution in [0.5, 0.6) is 5.75 Å². The standard InChI is InChI=1S/C35H45N7O4/c1-34(2,3)46-33(43)41-19-17-35(44,18-20-41)30-23-42(39-36-30)28-15-13-27(14-16-28)32-38-37-31(40(32)4)24-45-29-12-8-11-26(22-29)21-25-9-6-5-7-10-25/h5-12,22-23,27-28,44H,13-21,24H2,1-4H3. The Kier molecular flexibility index (Phi) is 9.13. The Labute approximate surface area is 270 Å². The van der Waals surface area contributed by atoms with Crippen molar-refractivity contribution in [2.45, 2.75) is 95.5 Å². The molecule has 11 heteroatoms. The molecule has 1 saturated carbocycles. The molecule has 2 aromatic heterocycles. The zero-order valence-electron chi connectivity index (χ0n) is 27.3. The van der Waals surface area contributed by atoms with Crippen LogP contribution in [0.3, 0.4) is 0 Å². The molecule has 0 spiro atoms. The van der Waals surface area contributed by atoms with Crippen molar-refractivity contribution in [3.05, 3.63) is 89.3 Å². The zero-order chi connectivity index (χ0) is 32.3. The lowest BCUT2D eigenvalue weighted by Crippen LogP contribution is -2.47. The fourth-order valence-corrected chi connectivity index (χ4v) is 6.49. The van der Waals surface area contributed by atoms with Crippen LogP contribution >= 0.6 is 0 Å². The molecule has 4 aromatic rings. The minimum absolute atomic E-state index is 0.210. The summed E-state index contributed by atoms with van der Waals surface area (Å²) in [5.74, 6) is 2.92. The highest BCUT2D eigenvalue weighted by Gasteiger charge is 2.39. The van der Waals surface area contributed by atoms with E-state index < -0.39 is 11.2 Å². The molecule has 0 unspecified atom stereocenters. The van der Waals surface area contributed by atoms with Crippen LogP contribution < -0.4 is 4.74 Å². The first kappa shape index (κ1) is 31.7. The van der Waals surface area contributed by atoms with E-state index in [-0.39, 0.29) is 12.1 Å².